The molecule has 0 saturated carbocycles. The van der Waals surface area contributed by atoms with Crippen LogP contribution in [0.5, 0.6) is 0 Å². The molecule has 1 N–H and O–H groups in total. The van der Waals surface area contributed by atoms with Gasteiger partial charge in [0, 0.05) is 30.6 Å². The molecule has 0 aliphatic carbocycles. The lowest BCUT2D eigenvalue weighted by atomic mass is 9.93. The molecule has 102 valence electrons. The third-order valence-electron chi connectivity index (χ3n) is 4.11. The van der Waals surface area contributed by atoms with E-state index < -0.39 is 0 Å². The highest BCUT2D eigenvalue weighted by molar-refractivity contribution is 7.11. The van der Waals surface area contributed by atoms with E-state index in [1.807, 2.05) is 11.3 Å². The van der Waals surface area contributed by atoms with Crippen molar-refractivity contribution in [3.8, 4) is 0 Å². The third-order valence-corrected chi connectivity index (χ3v) is 5.16. The molecule has 0 spiro atoms. The Morgan fingerprint density at radius 3 is 2.94 bits per heavy atom. The lowest BCUT2D eigenvalue weighted by molar-refractivity contribution is 0.157. The molecule has 0 radical (unpaired) electrons. The zero-order chi connectivity index (χ0) is 11.8. The van der Waals surface area contributed by atoms with E-state index in [4.69, 9.17) is 0 Å². The summed E-state index contributed by atoms with van der Waals surface area (Å²) in [5.74, 6) is 0.887. The second-order valence-corrected chi connectivity index (χ2v) is 6.66. The highest BCUT2D eigenvalue weighted by Crippen LogP contribution is 2.27. The molecule has 2 unspecified atom stereocenters. The van der Waals surface area contributed by atoms with Crippen molar-refractivity contribution in [2.45, 2.75) is 39.3 Å². The third kappa shape index (κ3) is 2.87. The molecule has 2 aliphatic heterocycles. The second-order valence-electron chi connectivity index (χ2n) is 5.37. The van der Waals surface area contributed by atoms with Crippen LogP contribution in [0.4, 0.5) is 0 Å². The molecule has 1 aromatic rings. The monoisotopic (exact) mass is 287 g/mol. The molecular weight excluding hydrogens is 266 g/mol. The summed E-state index contributed by atoms with van der Waals surface area (Å²) in [4.78, 5) is 8.61. The van der Waals surface area contributed by atoms with Crippen molar-refractivity contribution in [1.82, 2.24) is 15.2 Å². The molecule has 2 atom stereocenters. The van der Waals surface area contributed by atoms with Gasteiger partial charge in [0.15, 0.2) is 0 Å². The number of aromatic nitrogens is 1. The fourth-order valence-corrected chi connectivity index (χ4v) is 4.17. The average molecular weight is 288 g/mol. The maximum Gasteiger partial charge on any atom is 0.0900 e. The molecule has 2 fully saturated rings. The quantitative estimate of drug-likeness (QED) is 0.905. The Balaban J connectivity index is 0.00000120. The number of hydrogen-bond donors (Lipinski definition) is 1. The lowest BCUT2D eigenvalue weighted by Crippen LogP contribution is -2.43. The first-order valence-electron chi connectivity index (χ1n) is 6.61. The van der Waals surface area contributed by atoms with Gasteiger partial charge < -0.3 is 5.32 Å². The number of thiazole rings is 1. The van der Waals surface area contributed by atoms with Gasteiger partial charge in [0.05, 0.1) is 10.7 Å². The number of piperidine rings is 1. The predicted octanol–water partition coefficient (Wildman–Crippen LogP) is 2.37. The molecule has 0 bridgehead atoms. The summed E-state index contributed by atoms with van der Waals surface area (Å²) in [6.07, 6.45) is 2.68. The van der Waals surface area contributed by atoms with E-state index in [1.54, 1.807) is 0 Å². The Morgan fingerprint density at radius 1 is 1.39 bits per heavy atom. The van der Waals surface area contributed by atoms with Crippen LogP contribution in [0.2, 0.25) is 0 Å². The number of halogens is 1. The van der Waals surface area contributed by atoms with Crippen molar-refractivity contribution >= 4 is 23.7 Å². The van der Waals surface area contributed by atoms with Crippen molar-refractivity contribution in [2.75, 3.05) is 19.6 Å². The number of nitrogens with zero attached hydrogens (tertiary/aromatic N) is 2. The van der Waals surface area contributed by atoms with E-state index in [9.17, 15) is 0 Å². The van der Waals surface area contributed by atoms with Crippen LogP contribution in [-0.4, -0.2) is 35.6 Å². The van der Waals surface area contributed by atoms with E-state index in [-0.39, 0.29) is 12.4 Å². The average Bonchev–Trinajstić information content (AvgIpc) is 2.85. The van der Waals surface area contributed by atoms with Gasteiger partial charge in [-0.05, 0) is 39.2 Å². The van der Waals surface area contributed by atoms with Crippen molar-refractivity contribution in [3.05, 3.63) is 15.6 Å². The molecule has 1 aromatic heterocycles. The topological polar surface area (TPSA) is 28.2 Å². The van der Waals surface area contributed by atoms with Crippen LogP contribution >= 0.6 is 23.7 Å². The predicted molar refractivity (Wildman–Crippen MR) is 78.6 cm³/mol. The minimum absolute atomic E-state index is 0. The minimum atomic E-state index is 0. The van der Waals surface area contributed by atoms with E-state index in [0.29, 0.717) is 0 Å². The van der Waals surface area contributed by atoms with Gasteiger partial charge in [-0.2, -0.15) is 0 Å². The second kappa shape index (κ2) is 5.87. The molecule has 0 aromatic carbocycles. The summed E-state index contributed by atoms with van der Waals surface area (Å²) in [5.41, 5.74) is 1.24. The first-order valence-corrected chi connectivity index (χ1v) is 7.42. The van der Waals surface area contributed by atoms with E-state index in [1.165, 1.54) is 48.1 Å². The molecule has 2 saturated heterocycles. The first-order chi connectivity index (χ1) is 8.22. The van der Waals surface area contributed by atoms with Gasteiger partial charge in [0.2, 0.25) is 0 Å². The number of hydrogen-bond acceptors (Lipinski definition) is 4. The molecule has 3 heterocycles. The van der Waals surface area contributed by atoms with Crippen LogP contribution in [0.3, 0.4) is 0 Å². The summed E-state index contributed by atoms with van der Waals surface area (Å²) < 4.78 is 0. The Morgan fingerprint density at radius 2 is 2.22 bits per heavy atom. The molecule has 0 amide bonds. The van der Waals surface area contributed by atoms with Gasteiger partial charge in [-0.3, -0.25) is 4.90 Å². The van der Waals surface area contributed by atoms with Gasteiger partial charge in [0.25, 0.3) is 0 Å². The maximum atomic E-state index is 4.52. The molecular formula is C13H22ClN3S. The number of fused-ring (bicyclic) bond motifs is 1. The van der Waals surface area contributed by atoms with Gasteiger partial charge in [0.1, 0.15) is 0 Å². The van der Waals surface area contributed by atoms with Crippen molar-refractivity contribution in [3.63, 3.8) is 0 Å². The Kier molecular flexibility index (Phi) is 4.64. The summed E-state index contributed by atoms with van der Waals surface area (Å²) in [7, 11) is 0. The summed E-state index contributed by atoms with van der Waals surface area (Å²) in [5, 5.41) is 4.83. The van der Waals surface area contributed by atoms with Gasteiger partial charge in [-0.25, -0.2) is 4.98 Å². The molecule has 18 heavy (non-hydrogen) atoms. The molecule has 2 aliphatic rings. The smallest absolute Gasteiger partial charge is 0.0900 e. The molecule has 3 nitrogen and oxygen atoms in total. The van der Waals surface area contributed by atoms with Crippen molar-refractivity contribution in [1.29, 1.82) is 0 Å². The van der Waals surface area contributed by atoms with Crippen LogP contribution in [-0.2, 0) is 6.54 Å². The van der Waals surface area contributed by atoms with Crippen LogP contribution < -0.4 is 5.32 Å². The fraction of sp³-hybridized carbons (Fsp3) is 0.769. The van der Waals surface area contributed by atoms with Gasteiger partial charge in [-0.1, -0.05) is 0 Å². The number of rotatable bonds is 2. The van der Waals surface area contributed by atoms with Crippen LogP contribution in [0, 0.1) is 19.8 Å². The van der Waals surface area contributed by atoms with Gasteiger partial charge >= 0.3 is 0 Å². The highest BCUT2D eigenvalue weighted by Gasteiger charge is 2.32. The first kappa shape index (κ1) is 14.3. The Bertz CT molecular complexity index is 407. The summed E-state index contributed by atoms with van der Waals surface area (Å²) >= 11 is 1.86. The molecule has 5 heteroatoms. The van der Waals surface area contributed by atoms with E-state index in [2.05, 4.69) is 29.0 Å². The fourth-order valence-electron chi connectivity index (χ4n) is 3.19. The molecule has 3 rings (SSSR count). The van der Waals surface area contributed by atoms with Crippen molar-refractivity contribution in [2.24, 2.45) is 5.92 Å². The number of likely N-dealkylation sites (tertiary alicyclic amines) is 1. The van der Waals surface area contributed by atoms with Crippen molar-refractivity contribution < 1.29 is 0 Å². The summed E-state index contributed by atoms with van der Waals surface area (Å²) in [6.45, 7) is 9.10. The van der Waals surface area contributed by atoms with E-state index >= 15 is 0 Å². The Hall–Kier alpha value is -0.160. The maximum absolute atomic E-state index is 4.52. The number of aryl methyl sites for hydroxylation is 2. The van der Waals surface area contributed by atoms with Crippen LogP contribution in [0.15, 0.2) is 0 Å². The standard InChI is InChI=1S/C13H21N3S.ClH/c1-9-13(17-10(2)15-9)8-16-6-4-12-11(7-16)3-5-14-12;/h11-12,14H,3-8H2,1-2H3;1H. The normalized spacial score (nSPS) is 27.9. The summed E-state index contributed by atoms with van der Waals surface area (Å²) in [6, 6.07) is 0.801. The van der Waals surface area contributed by atoms with Crippen LogP contribution in [0.1, 0.15) is 28.4 Å². The van der Waals surface area contributed by atoms with Crippen LogP contribution in [0.25, 0.3) is 0 Å². The largest absolute Gasteiger partial charge is 0.314 e. The zero-order valence-electron chi connectivity index (χ0n) is 11.1. The van der Waals surface area contributed by atoms with Gasteiger partial charge in [-0.15, -0.1) is 23.7 Å². The number of nitrogens with one attached hydrogen (secondary N) is 1. The highest BCUT2D eigenvalue weighted by atomic mass is 35.5. The SMILES string of the molecule is Cc1nc(C)c(CN2CCC3NCCC3C2)s1.Cl. The van der Waals surface area contributed by atoms with E-state index in [0.717, 1.165) is 18.5 Å². The Labute approximate surface area is 119 Å². The zero-order valence-corrected chi connectivity index (χ0v) is 12.7. The lowest BCUT2D eigenvalue weighted by Gasteiger charge is -2.34. The minimum Gasteiger partial charge on any atom is -0.314 e.